The van der Waals surface area contributed by atoms with E-state index in [1.165, 1.54) is 0 Å². The lowest BCUT2D eigenvalue weighted by Crippen LogP contribution is -2.55. The molecule has 21 heavy (non-hydrogen) atoms. The first-order chi connectivity index (χ1) is 9.63. The highest BCUT2D eigenvalue weighted by atomic mass is 16.3. The molecule has 1 aliphatic heterocycles. The molecule has 0 aromatic rings. The van der Waals surface area contributed by atoms with Crippen LogP contribution in [0.5, 0.6) is 0 Å². The van der Waals surface area contributed by atoms with E-state index in [9.17, 15) is 14.7 Å². The lowest BCUT2D eigenvalue weighted by atomic mass is 9.87. The zero-order valence-electron chi connectivity index (χ0n) is 13.6. The summed E-state index contributed by atoms with van der Waals surface area (Å²) in [4.78, 5) is 25.2. The van der Waals surface area contributed by atoms with Crippen LogP contribution in [0.2, 0.25) is 0 Å². The Balaban J connectivity index is 2.73. The molecule has 2 amide bonds. The van der Waals surface area contributed by atoms with Gasteiger partial charge >= 0.3 is 0 Å². The van der Waals surface area contributed by atoms with Gasteiger partial charge in [0.05, 0.1) is 12.6 Å². The number of rotatable bonds is 5. The number of piperidine rings is 1. The first kappa shape index (κ1) is 17.9. The lowest BCUT2D eigenvalue weighted by Gasteiger charge is -2.40. The Morgan fingerprint density at radius 1 is 1.38 bits per heavy atom. The monoisotopic (exact) mass is 299 g/mol. The average molecular weight is 299 g/mol. The summed E-state index contributed by atoms with van der Waals surface area (Å²) in [5.74, 6) is -0.353. The molecule has 0 aromatic heterocycles. The van der Waals surface area contributed by atoms with Crippen molar-refractivity contribution in [3.63, 3.8) is 0 Å². The van der Waals surface area contributed by atoms with Crippen LogP contribution in [0, 0.1) is 11.3 Å². The first-order valence-corrected chi connectivity index (χ1v) is 7.63. The smallest absolute Gasteiger partial charge is 0.231 e. The van der Waals surface area contributed by atoms with Gasteiger partial charge in [-0.15, -0.1) is 0 Å². The van der Waals surface area contributed by atoms with Crippen LogP contribution in [0.25, 0.3) is 0 Å². The van der Waals surface area contributed by atoms with Gasteiger partial charge in [-0.1, -0.05) is 27.7 Å². The molecule has 6 heteroatoms. The van der Waals surface area contributed by atoms with E-state index in [0.717, 1.165) is 6.42 Å². The number of hydrogen-bond acceptors (Lipinski definition) is 4. The predicted molar refractivity (Wildman–Crippen MR) is 81.4 cm³/mol. The Labute approximate surface area is 127 Å². The van der Waals surface area contributed by atoms with E-state index in [1.807, 2.05) is 32.6 Å². The summed E-state index contributed by atoms with van der Waals surface area (Å²) in [6.45, 7) is 8.92. The third-order valence-electron chi connectivity index (χ3n) is 3.92. The molecule has 6 nitrogen and oxygen atoms in total. The molecule has 0 aliphatic carbocycles. The van der Waals surface area contributed by atoms with E-state index >= 15 is 0 Å². The van der Waals surface area contributed by atoms with Gasteiger partial charge in [-0.25, -0.2) is 0 Å². The van der Waals surface area contributed by atoms with Crippen LogP contribution >= 0.6 is 0 Å². The Morgan fingerprint density at radius 3 is 2.48 bits per heavy atom. The minimum atomic E-state index is -0.454. The summed E-state index contributed by atoms with van der Waals surface area (Å²) in [6.07, 6.45) is 0.968. The molecule has 122 valence electrons. The summed E-state index contributed by atoms with van der Waals surface area (Å²) in [6, 6.07) is -0.0592. The Bertz CT molecular complexity index is 379. The number of carbonyl (C=O) groups excluding carboxylic acids is 2. The van der Waals surface area contributed by atoms with Crippen molar-refractivity contribution in [2.24, 2.45) is 17.1 Å². The zero-order chi connectivity index (χ0) is 16.2. The van der Waals surface area contributed by atoms with Gasteiger partial charge in [0.15, 0.2) is 0 Å². The third-order valence-corrected chi connectivity index (χ3v) is 3.92. The minimum Gasteiger partial charge on any atom is -0.393 e. The molecule has 0 radical (unpaired) electrons. The summed E-state index contributed by atoms with van der Waals surface area (Å²) in [5.41, 5.74) is 4.81. The summed E-state index contributed by atoms with van der Waals surface area (Å²) in [5, 5.41) is 13.1. The highest BCUT2D eigenvalue weighted by Gasteiger charge is 2.33. The van der Waals surface area contributed by atoms with E-state index in [-0.39, 0.29) is 30.3 Å². The van der Waals surface area contributed by atoms with Crippen molar-refractivity contribution < 1.29 is 14.7 Å². The maximum Gasteiger partial charge on any atom is 0.231 e. The van der Waals surface area contributed by atoms with Crippen molar-refractivity contribution in [2.75, 3.05) is 19.6 Å². The number of nitrogens with two attached hydrogens (primary N) is 1. The van der Waals surface area contributed by atoms with E-state index in [2.05, 4.69) is 5.32 Å². The number of nitrogens with one attached hydrogen (secondary N) is 1. The molecule has 4 N–H and O–H groups in total. The van der Waals surface area contributed by atoms with Crippen molar-refractivity contribution >= 4 is 11.8 Å². The van der Waals surface area contributed by atoms with Gasteiger partial charge in [-0.3, -0.25) is 14.5 Å². The van der Waals surface area contributed by atoms with E-state index in [0.29, 0.717) is 19.5 Å². The molecule has 1 saturated heterocycles. The van der Waals surface area contributed by atoms with Gasteiger partial charge in [0.1, 0.15) is 0 Å². The molecule has 1 aliphatic rings. The van der Waals surface area contributed by atoms with E-state index in [4.69, 9.17) is 5.73 Å². The molecule has 1 fully saturated rings. The van der Waals surface area contributed by atoms with E-state index in [1.54, 1.807) is 0 Å². The predicted octanol–water partition coefficient (Wildman–Crippen LogP) is 0.0954. The Hall–Kier alpha value is -1.14. The summed E-state index contributed by atoms with van der Waals surface area (Å²) < 4.78 is 0. The maximum atomic E-state index is 12.1. The average Bonchev–Trinajstić information content (AvgIpc) is 2.35. The zero-order valence-corrected chi connectivity index (χ0v) is 13.6. The molecule has 0 bridgehead atoms. The van der Waals surface area contributed by atoms with Crippen molar-refractivity contribution in [2.45, 2.75) is 52.7 Å². The van der Waals surface area contributed by atoms with Crippen LogP contribution in [0.1, 0.15) is 40.5 Å². The number of aliphatic hydroxyl groups is 1. The van der Waals surface area contributed by atoms with Crippen LogP contribution in [0.3, 0.4) is 0 Å². The van der Waals surface area contributed by atoms with Gasteiger partial charge in [-0.05, 0) is 18.8 Å². The fraction of sp³-hybridized carbons (Fsp3) is 0.867. The van der Waals surface area contributed by atoms with Gasteiger partial charge in [0.2, 0.25) is 11.8 Å². The van der Waals surface area contributed by atoms with Crippen LogP contribution in [-0.4, -0.2) is 53.6 Å². The topological polar surface area (TPSA) is 95.7 Å². The van der Waals surface area contributed by atoms with Crippen LogP contribution in [0.15, 0.2) is 0 Å². The van der Waals surface area contributed by atoms with Crippen LogP contribution in [0.4, 0.5) is 0 Å². The van der Waals surface area contributed by atoms with Crippen LogP contribution < -0.4 is 11.1 Å². The van der Waals surface area contributed by atoms with Crippen molar-refractivity contribution in [3.8, 4) is 0 Å². The standard InChI is InChI=1S/C15H29N3O3/c1-5-12(19)10-6-11(17-14(21)15(2,3)4)8-18(7-10)9-13(16)20/h10-12,19H,5-9H2,1-4H3,(H2,16,20)(H,17,21). The van der Waals surface area contributed by atoms with Gasteiger partial charge in [0.25, 0.3) is 0 Å². The van der Waals surface area contributed by atoms with Crippen LogP contribution in [-0.2, 0) is 9.59 Å². The molecule has 1 rings (SSSR count). The fourth-order valence-corrected chi connectivity index (χ4v) is 2.70. The first-order valence-electron chi connectivity index (χ1n) is 7.63. The summed E-state index contributed by atoms with van der Waals surface area (Å²) in [7, 11) is 0. The maximum absolute atomic E-state index is 12.1. The lowest BCUT2D eigenvalue weighted by molar-refractivity contribution is -0.130. The minimum absolute atomic E-state index is 0.0156. The number of aliphatic hydroxyl groups excluding tert-OH is 1. The Kier molecular flexibility index (Phi) is 6.16. The van der Waals surface area contributed by atoms with Gasteiger partial charge < -0.3 is 16.2 Å². The number of carbonyl (C=O) groups is 2. The number of amides is 2. The van der Waals surface area contributed by atoms with E-state index < -0.39 is 11.5 Å². The number of hydrogen-bond donors (Lipinski definition) is 3. The van der Waals surface area contributed by atoms with Crippen molar-refractivity contribution in [1.29, 1.82) is 0 Å². The van der Waals surface area contributed by atoms with Gasteiger partial charge in [-0.2, -0.15) is 0 Å². The molecule has 1 heterocycles. The SMILES string of the molecule is CCC(O)C1CC(NC(=O)C(C)(C)C)CN(CC(N)=O)C1. The summed E-state index contributed by atoms with van der Waals surface area (Å²) >= 11 is 0. The molecule has 0 spiro atoms. The second kappa shape index (κ2) is 7.22. The third kappa shape index (κ3) is 5.63. The highest BCUT2D eigenvalue weighted by Crippen LogP contribution is 2.23. The fourth-order valence-electron chi connectivity index (χ4n) is 2.70. The number of likely N-dealkylation sites (tertiary alicyclic amines) is 1. The van der Waals surface area contributed by atoms with Gasteiger partial charge in [0, 0.05) is 24.5 Å². The Morgan fingerprint density at radius 2 is 2.00 bits per heavy atom. The largest absolute Gasteiger partial charge is 0.393 e. The second-order valence-electron chi connectivity index (χ2n) is 7.05. The molecular formula is C15H29N3O3. The molecule has 0 saturated carbocycles. The second-order valence-corrected chi connectivity index (χ2v) is 7.05. The number of primary amides is 1. The normalized spacial score (nSPS) is 25.4. The quantitative estimate of drug-likeness (QED) is 0.670. The molecule has 3 unspecified atom stereocenters. The molecular weight excluding hydrogens is 270 g/mol. The molecule has 0 aromatic carbocycles. The van der Waals surface area contributed by atoms with Crippen molar-refractivity contribution in [1.82, 2.24) is 10.2 Å². The van der Waals surface area contributed by atoms with Crippen molar-refractivity contribution in [3.05, 3.63) is 0 Å². The number of nitrogens with zero attached hydrogens (tertiary/aromatic N) is 1. The molecule has 3 atom stereocenters. The highest BCUT2D eigenvalue weighted by molar-refractivity contribution is 5.81.